The van der Waals surface area contributed by atoms with Gasteiger partial charge in [0.15, 0.2) is 0 Å². The average Bonchev–Trinajstić information content (AvgIpc) is 2.88. The molecule has 19 heavy (non-hydrogen) atoms. The number of nitrogens with zero attached hydrogens (tertiary/aromatic N) is 2. The van der Waals surface area contributed by atoms with E-state index in [9.17, 15) is 0 Å². The lowest BCUT2D eigenvalue weighted by molar-refractivity contribution is 0.462. The van der Waals surface area contributed by atoms with Crippen LogP contribution < -0.4 is 10.6 Å². The van der Waals surface area contributed by atoms with E-state index in [0.717, 1.165) is 24.2 Å². The molecule has 2 rings (SSSR count). The highest BCUT2D eigenvalue weighted by molar-refractivity contribution is 5.54. The smallest absolute Gasteiger partial charge is 0.0994 e. The molecule has 0 saturated heterocycles. The largest absolute Gasteiger partial charge is 0.368 e. The summed E-state index contributed by atoms with van der Waals surface area (Å²) < 4.78 is 0. The second-order valence-corrected chi connectivity index (χ2v) is 5.39. The zero-order valence-corrected chi connectivity index (χ0v) is 11.9. The van der Waals surface area contributed by atoms with Crippen LogP contribution in [0, 0.1) is 24.2 Å². The first-order valence-electron chi connectivity index (χ1n) is 7.18. The molecule has 102 valence electrons. The van der Waals surface area contributed by atoms with Gasteiger partial charge in [-0.1, -0.05) is 6.42 Å². The Morgan fingerprint density at radius 1 is 1.42 bits per heavy atom. The molecule has 1 saturated carbocycles. The summed E-state index contributed by atoms with van der Waals surface area (Å²) in [5, 5.41) is 9.02. The van der Waals surface area contributed by atoms with Crippen LogP contribution in [0.1, 0.15) is 37.3 Å². The van der Waals surface area contributed by atoms with Gasteiger partial charge >= 0.3 is 0 Å². The van der Waals surface area contributed by atoms with Crippen molar-refractivity contribution in [1.29, 1.82) is 5.26 Å². The van der Waals surface area contributed by atoms with Crippen molar-refractivity contribution < 1.29 is 0 Å². The number of hydrogen-bond donors (Lipinski definition) is 1. The molecule has 3 nitrogen and oxygen atoms in total. The minimum absolute atomic E-state index is 0.558. The van der Waals surface area contributed by atoms with Crippen molar-refractivity contribution in [3.8, 4) is 6.07 Å². The minimum Gasteiger partial charge on any atom is -0.368 e. The average molecular weight is 257 g/mol. The van der Waals surface area contributed by atoms with E-state index in [1.807, 2.05) is 13.0 Å². The lowest BCUT2D eigenvalue weighted by atomic mass is 10.0. The van der Waals surface area contributed by atoms with Crippen molar-refractivity contribution in [3.05, 3.63) is 29.3 Å². The van der Waals surface area contributed by atoms with E-state index < -0.39 is 0 Å². The number of hydrogen-bond acceptors (Lipinski definition) is 3. The number of benzene rings is 1. The van der Waals surface area contributed by atoms with Crippen molar-refractivity contribution in [3.63, 3.8) is 0 Å². The maximum absolute atomic E-state index is 9.02. The molecular weight excluding hydrogens is 234 g/mol. The minimum atomic E-state index is 0.558. The molecule has 0 heterocycles. The van der Waals surface area contributed by atoms with Crippen LogP contribution in [-0.2, 0) is 0 Å². The molecule has 0 radical (unpaired) electrons. The Morgan fingerprint density at radius 2 is 2.21 bits per heavy atom. The van der Waals surface area contributed by atoms with E-state index in [4.69, 9.17) is 11.0 Å². The van der Waals surface area contributed by atoms with E-state index in [0.29, 0.717) is 12.0 Å². The molecule has 1 aromatic carbocycles. The van der Waals surface area contributed by atoms with Gasteiger partial charge in [0.25, 0.3) is 0 Å². The van der Waals surface area contributed by atoms with Gasteiger partial charge in [0.2, 0.25) is 0 Å². The molecule has 0 aromatic heterocycles. The molecule has 3 heteroatoms. The molecule has 0 spiro atoms. The molecule has 0 aliphatic heterocycles. The van der Waals surface area contributed by atoms with Gasteiger partial charge < -0.3 is 10.6 Å². The zero-order chi connectivity index (χ0) is 13.8. The highest BCUT2D eigenvalue weighted by Gasteiger charge is 2.30. The molecule has 0 amide bonds. The molecule has 1 aliphatic carbocycles. The van der Waals surface area contributed by atoms with Crippen LogP contribution in [0.5, 0.6) is 0 Å². The fourth-order valence-corrected chi connectivity index (χ4v) is 3.26. The van der Waals surface area contributed by atoms with Crippen molar-refractivity contribution in [2.24, 2.45) is 11.7 Å². The Labute approximate surface area is 116 Å². The maximum Gasteiger partial charge on any atom is 0.0994 e. The lowest BCUT2D eigenvalue weighted by Gasteiger charge is -2.34. The van der Waals surface area contributed by atoms with E-state index in [1.54, 1.807) is 0 Å². The van der Waals surface area contributed by atoms with E-state index in [-0.39, 0.29) is 0 Å². The van der Waals surface area contributed by atoms with Gasteiger partial charge in [-0.05, 0) is 62.9 Å². The zero-order valence-electron chi connectivity index (χ0n) is 11.9. The van der Waals surface area contributed by atoms with Crippen LogP contribution in [0.25, 0.3) is 0 Å². The number of nitriles is 1. The Kier molecular flexibility index (Phi) is 4.44. The second-order valence-electron chi connectivity index (χ2n) is 5.39. The van der Waals surface area contributed by atoms with Crippen molar-refractivity contribution >= 4 is 5.69 Å². The van der Waals surface area contributed by atoms with Crippen LogP contribution in [-0.4, -0.2) is 19.1 Å². The Bertz CT molecular complexity index is 475. The van der Waals surface area contributed by atoms with Gasteiger partial charge in [-0.3, -0.25) is 0 Å². The van der Waals surface area contributed by atoms with Gasteiger partial charge in [0, 0.05) is 18.3 Å². The predicted molar refractivity (Wildman–Crippen MR) is 79.1 cm³/mol. The summed E-state index contributed by atoms with van der Waals surface area (Å²) in [6.07, 6.45) is 3.75. The van der Waals surface area contributed by atoms with Crippen LogP contribution in [0.15, 0.2) is 18.2 Å². The third-order valence-corrected chi connectivity index (χ3v) is 4.32. The summed E-state index contributed by atoms with van der Waals surface area (Å²) in [5.41, 5.74) is 8.95. The fourth-order valence-electron chi connectivity index (χ4n) is 3.26. The third kappa shape index (κ3) is 2.74. The highest BCUT2D eigenvalue weighted by atomic mass is 15.2. The summed E-state index contributed by atoms with van der Waals surface area (Å²) in [4.78, 5) is 2.46. The van der Waals surface area contributed by atoms with Crippen molar-refractivity contribution in [1.82, 2.24) is 0 Å². The first kappa shape index (κ1) is 13.9. The summed E-state index contributed by atoms with van der Waals surface area (Å²) >= 11 is 0. The monoisotopic (exact) mass is 257 g/mol. The predicted octanol–water partition coefficient (Wildman–Crippen LogP) is 2.82. The van der Waals surface area contributed by atoms with Gasteiger partial charge in [0.05, 0.1) is 11.6 Å². The topological polar surface area (TPSA) is 53.0 Å². The molecule has 1 aliphatic rings. The normalized spacial score (nSPS) is 22.2. The van der Waals surface area contributed by atoms with Gasteiger partial charge in [-0.25, -0.2) is 0 Å². The van der Waals surface area contributed by atoms with Crippen molar-refractivity contribution in [2.45, 2.75) is 39.2 Å². The van der Waals surface area contributed by atoms with Gasteiger partial charge in [-0.2, -0.15) is 5.26 Å². The van der Waals surface area contributed by atoms with Crippen LogP contribution in [0.3, 0.4) is 0 Å². The third-order valence-electron chi connectivity index (χ3n) is 4.32. The first-order chi connectivity index (χ1) is 9.21. The quantitative estimate of drug-likeness (QED) is 0.902. The standard InChI is InChI=1S/C16H23N3/c1-3-19(16-6-4-5-14(16)11-18)15-8-7-13(10-17)12(2)9-15/h7-9,14,16H,3-6,11,18H2,1-2H3. The second kappa shape index (κ2) is 6.08. The van der Waals surface area contributed by atoms with Crippen LogP contribution in [0.2, 0.25) is 0 Å². The van der Waals surface area contributed by atoms with E-state index in [2.05, 4.69) is 30.0 Å². The van der Waals surface area contributed by atoms with E-state index >= 15 is 0 Å². The van der Waals surface area contributed by atoms with E-state index in [1.165, 1.54) is 24.9 Å². The maximum atomic E-state index is 9.02. The number of rotatable bonds is 4. The van der Waals surface area contributed by atoms with Crippen molar-refractivity contribution in [2.75, 3.05) is 18.0 Å². The Morgan fingerprint density at radius 3 is 2.79 bits per heavy atom. The van der Waals surface area contributed by atoms with Gasteiger partial charge in [-0.15, -0.1) is 0 Å². The SMILES string of the molecule is CCN(c1ccc(C#N)c(C)c1)C1CCCC1CN. The summed E-state index contributed by atoms with van der Waals surface area (Å²) in [5.74, 6) is 0.607. The molecule has 2 atom stereocenters. The highest BCUT2D eigenvalue weighted by Crippen LogP contribution is 2.33. The molecule has 1 aromatic rings. The van der Waals surface area contributed by atoms with Gasteiger partial charge in [0.1, 0.15) is 0 Å². The number of aryl methyl sites for hydroxylation is 1. The molecule has 1 fully saturated rings. The Balaban J connectivity index is 2.27. The van der Waals surface area contributed by atoms with Crippen LogP contribution in [0.4, 0.5) is 5.69 Å². The molecular formula is C16H23N3. The summed E-state index contributed by atoms with van der Waals surface area (Å²) in [6.45, 7) is 5.97. The summed E-state index contributed by atoms with van der Waals surface area (Å²) in [6, 6.07) is 8.92. The molecule has 2 N–H and O–H groups in total. The number of anilines is 1. The Hall–Kier alpha value is -1.53. The molecule has 0 bridgehead atoms. The number of nitrogens with two attached hydrogens (primary N) is 1. The lowest BCUT2D eigenvalue weighted by Crippen LogP contribution is -2.40. The summed E-state index contributed by atoms with van der Waals surface area (Å²) in [7, 11) is 0. The first-order valence-corrected chi connectivity index (χ1v) is 7.18. The van der Waals surface area contributed by atoms with Crippen LogP contribution >= 0.6 is 0 Å². The molecule has 2 unspecified atom stereocenters. The fraction of sp³-hybridized carbons (Fsp3) is 0.562.